The highest BCUT2D eigenvalue weighted by Crippen LogP contribution is 2.25. The van der Waals surface area contributed by atoms with Crippen LogP contribution in [0.1, 0.15) is 12.8 Å². The van der Waals surface area contributed by atoms with Crippen molar-refractivity contribution in [3.8, 4) is 5.75 Å². The Labute approximate surface area is 106 Å². The Morgan fingerprint density at radius 2 is 2.06 bits per heavy atom. The molecule has 100 valence electrons. The fourth-order valence-electron chi connectivity index (χ4n) is 1.51. The molecule has 0 bridgehead atoms. The second-order valence-electron chi connectivity index (χ2n) is 3.80. The van der Waals surface area contributed by atoms with Gasteiger partial charge in [0.25, 0.3) is 5.69 Å². The molecule has 0 fully saturated rings. The molecule has 6 heteroatoms. The van der Waals surface area contributed by atoms with E-state index in [0.717, 1.165) is 26.0 Å². The van der Waals surface area contributed by atoms with Gasteiger partial charge in [-0.15, -0.1) is 0 Å². The number of nitro benzene ring substituents is 1. The first-order chi connectivity index (χ1) is 8.67. The monoisotopic (exact) mass is 254 g/mol. The van der Waals surface area contributed by atoms with Gasteiger partial charge in [-0.3, -0.25) is 10.1 Å². The molecule has 0 spiro atoms. The third-order valence-corrected chi connectivity index (χ3v) is 2.44. The first kappa shape index (κ1) is 14.2. The van der Waals surface area contributed by atoms with Crippen LogP contribution < -0.4 is 10.1 Å². The molecule has 0 aromatic heterocycles. The number of anilines is 1. The number of hydrogen-bond donors (Lipinski definition) is 1. The number of unbranched alkanes of at least 4 members (excludes halogenated alkanes) is 1. The summed E-state index contributed by atoms with van der Waals surface area (Å²) in [5.74, 6) is 0.476. The fraction of sp³-hybridized carbons (Fsp3) is 0.500. The van der Waals surface area contributed by atoms with Crippen molar-refractivity contribution in [3.63, 3.8) is 0 Å². The molecule has 0 saturated heterocycles. The summed E-state index contributed by atoms with van der Waals surface area (Å²) in [4.78, 5) is 10.3. The lowest BCUT2D eigenvalue weighted by Crippen LogP contribution is -2.03. The zero-order chi connectivity index (χ0) is 13.4. The lowest BCUT2D eigenvalue weighted by Gasteiger charge is -2.08. The zero-order valence-corrected chi connectivity index (χ0v) is 10.6. The van der Waals surface area contributed by atoms with Crippen LogP contribution in [-0.4, -0.2) is 32.3 Å². The Kier molecular flexibility index (Phi) is 5.93. The van der Waals surface area contributed by atoms with Crippen LogP contribution in [0.25, 0.3) is 0 Å². The van der Waals surface area contributed by atoms with Crippen LogP contribution in [0.5, 0.6) is 5.75 Å². The van der Waals surface area contributed by atoms with E-state index in [4.69, 9.17) is 9.47 Å². The van der Waals surface area contributed by atoms with Crippen LogP contribution >= 0.6 is 0 Å². The largest absolute Gasteiger partial charge is 0.496 e. The van der Waals surface area contributed by atoms with Crippen LogP contribution in [0.2, 0.25) is 0 Å². The van der Waals surface area contributed by atoms with Crippen molar-refractivity contribution in [2.24, 2.45) is 0 Å². The second-order valence-corrected chi connectivity index (χ2v) is 3.80. The summed E-state index contributed by atoms with van der Waals surface area (Å²) in [6, 6.07) is 4.64. The minimum Gasteiger partial charge on any atom is -0.496 e. The SMILES string of the molecule is COCCCCNc1cc(OC)cc([N+](=O)[O-])c1. The Morgan fingerprint density at radius 3 is 2.67 bits per heavy atom. The topological polar surface area (TPSA) is 73.6 Å². The van der Waals surface area contributed by atoms with Gasteiger partial charge < -0.3 is 14.8 Å². The van der Waals surface area contributed by atoms with Gasteiger partial charge in [0.1, 0.15) is 5.75 Å². The quantitative estimate of drug-likeness (QED) is 0.438. The molecule has 0 atom stereocenters. The van der Waals surface area contributed by atoms with Crippen LogP contribution in [0.3, 0.4) is 0 Å². The number of benzene rings is 1. The summed E-state index contributed by atoms with van der Waals surface area (Å²) >= 11 is 0. The van der Waals surface area contributed by atoms with Crippen molar-refractivity contribution >= 4 is 11.4 Å². The molecule has 6 nitrogen and oxygen atoms in total. The maximum Gasteiger partial charge on any atom is 0.275 e. The molecule has 0 saturated carbocycles. The zero-order valence-electron chi connectivity index (χ0n) is 10.6. The van der Waals surface area contributed by atoms with Gasteiger partial charge in [-0.2, -0.15) is 0 Å². The van der Waals surface area contributed by atoms with E-state index in [2.05, 4.69) is 5.32 Å². The summed E-state index contributed by atoms with van der Waals surface area (Å²) in [6.45, 7) is 1.47. The van der Waals surface area contributed by atoms with Gasteiger partial charge in [0.05, 0.1) is 18.1 Å². The normalized spacial score (nSPS) is 10.1. The number of nitrogens with zero attached hydrogens (tertiary/aromatic N) is 1. The van der Waals surface area contributed by atoms with E-state index >= 15 is 0 Å². The van der Waals surface area contributed by atoms with Crippen molar-refractivity contribution in [1.29, 1.82) is 0 Å². The molecular formula is C12H18N2O4. The molecule has 18 heavy (non-hydrogen) atoms. The molecule has 1 rings (SSSR count). The second kappa shape index (κ2) is 7.50. The predicted octanol–water partition coefficient (Wildman–Crippen LogP) is 2.44. The average molecular weight is 254 g/mol. The van der Waals surface area contributed by atoms with Gasteiger partial charge in [0.2, 0.25) is 0 Å². The van der Waals surface area contributed by atoms with Crippen molar-refractivity contribution in [2.75, 3.05) is 32.7 Å². The van der Waals surface area contributed by atoms with E-state index in [-0.39, 0.29) is 5.69 Å². The molecule has 0 unspecified atom stereocenters. The standard InChI is InChI=1S/C12H18N2O4/c1-17-6-4-3-5-13-10-7-11(14(15)16)9-12(8-10)18-2/h7-9,13H,3-6H2,1-2H3. The average Bonchev–Trinajstić information content (AvgIpc) is 2.38. The molecule has 0 aliphatic carbocycles. The molecule has 1 N–H and O–H groups in total. The molecule has 0 heterocycles. The molecule has 1 aromatic rings. The van der Waals surface area contributed by atoms with Gasteiger partial charge >= 0.3 is 0 Å². The summed E-state index contributed by atoms with van der Waals surface area (Å²) in [6.07, 6.45) is 1.90. The Balaban J connectivity index is 2.58. The van der Waals surface area contributed by atoms with Gasteiger partial charge in [-0.1, -0.05) is 0 Å². The summed E-state index contributed by atoms with van der Waals surface area (Å²) < 4.78 is 9.97. The lowest BCUT2D eigenvalue weighted by molar-refractivity contribution is -0.384. The Morgan fingerprint density at radius 1 is 1.28 bits per heavy atom. The van der Waals surface area contributed by atoms with E-state index in [1.54, 1.807) is 13.2 Å². The van der Waals surface area contributed by atoms with Crippen LogP contribution in [0, 0.1) is 10.1 Å². The third-order valence-electron chi connectivity index (χ3n) is 2.44. The van der Waals surface area contributed by atoms with Gasteiger partial charge in [0.15, 0.2) is 0 Å². The van der Waals surface area contributed by atoms with Crippen molar-refractivity contribution < 1.29 is 14.4 Å². The van der Waals surface area contributed by atoms with E-state index < -0.39 is 4.92 Å². The van der Waals surface area contributed by atoms with E-state index in [0.29, 0.717) is 11.4 Å². The van der Waals surface area contributed by atoms with Crippen LogP contribution in [0.15, 0.2) is 18.2 Å². The molecule has 0 radical (unpaired) electrons. The third kappa shape index (κ3) is 4.58. The smallest absolute Gasteiger partial charge is 0.275 e. The number of hydrogen-bond acceptors (Lipinski definition) is 5. The molecular weight excluding hydrogens is 236 g/mol. The van der Waals surface area contributed by atoms with Crippen molar-refractivity contribution in [2.45, 2.75) is 12.8 Å². The highest BCUT2D eigenvalue weighted by molar-refractivity contribution is 5.56. The number of nitro groups is 1. The highest BCUT2D eigenvalue weighted by Gasteiger charge is 2.09. The van der Waals surface area contributed by atoms with Gasteiger partial charge in [-0.25, -0.2) is 0 Å². The van der Waals surface area contributed by atoms with Crippen molar-refractivity contribution in [3.05, 3.63) is 28.3 Å². The molecule has 0 amide bonds. The van der Waals surface area contributed by atoms with Gasteiger partial charge in [-0.05, 0) is 12.8 Å². The van der Waals surface area contributed by atoms with Crippen molar-refractivity contribution in [1.82, 2.24) is 0 Å². The molecule has 0 aliphatic rings. The number of nitrogens with one attached hydrogen (secondary N) is 1. The molecule has 1 aromatic carbocycles. The summed E-state index contributed by atoms with van der Waals surface area (Å²) in [5, 5.41) is 13.9. The predicted molar refractivity (Wildman–Crippen MR) is 69.2 cm³/mol. The highest BCUT2D eigenvalue weighted by atomic mass is 16.6. The maximum atomic E-state index is 10.7. The molecule has 0 aliphatic heterocycles. The van der Waals surface area contributed by atoms with Gasteiger partial charge in [0, 0.05) is 38.1 Å². The maximum absolute atomic E-state index is 10.7. The Hall–Kier alpha value is -1.82. The number of non-ortho nitro benzene ring substituents is 1. The number of ether oxygens (including phenoxy) is 2. The summed E-state index contributed by atoms with van der Waals surface area (Å²) in [5.41, 5.74) is 0.715. The number of rotatable bonds is 8. The number of methoxy groups -OCH3 is 2. The minimum absolute atomic E-state index is 0.0220. The first-order valence-corrected chi connectivity index (χ1v) is 5.73. The van der Waals surface area contributed by atoms with E-state index in [1.807, 2.05) is 0 Å². The minimum atomic E-state index is -0.432. The van der Waals surface area contributed by atoms with E-state index in [9.17, 15) is 10.1 Å². The lowest BCUT2D eigenvalue weighted by atomic mass is 10.2. The van der Waals surface area contributed by atoms with Crippen LogP contribution in [0.4, 0.5) is 11.4 Å². The van der Waals surface area contributed by atoms with Crippen LogP contribution in [-0.2, 0) is 4.74 Å². The van der Waals surface area contributed by atoms with E-state index in [1.165, 1.54) is 19.2 Å². The summed E-state index contributed by atoms with van der Waals surface area (Å²) in [7, 11) is 3.15. The Bertz CT molecular complexity index is 396. The first-order valence-electron chi connectivity index (χ1n) is 5.73. The fourth-order valence-corrected chi connectivity index (χ4v) is 1.51.